The van der Waals surface area contributed by atoms with Crippen molar-refractivity contribution in [1.82, 2.24) is 0 Å². The van der Waals surface area contributed by atoms with Crippen molar-refractivity contribution < 1.29 is 4.74 Å². The average molecular weight is 184 g/mol. The summed E-state index contributed by atoms with van der Waals surface area (Å²) in [4.78, 5) is 0. The van der Waals surface area contributed by atoms with E-state index in [0.29, 0.717) is 17.6 Å². The summed E-state index contributed by atoms with van der Waals surface area (Å²) in [6.45, 7) is 11.4. The van der Waals surface area contributed by atoms with E-state index in [-0.39, 0.29) is 0 Å². The third kappa shape index (κ3) is 2.70. The minimum atomic E-state index is 0.322. The van der Waals surface area contributed by atoms with Crippen molar-refractivity contribution in [1.29, 1.82) is 0 Å². The highest BCUT2D eigenvalue weighted by Gasteiger charge is 2.35. The van der Waals surface area contributed by atoms with Gasteiger partial charge in [-0.2, -0.15) is 0 Å². The molecule has 1 saturated heterocycles. The van der Waals surface area contributed by atoms with Crippen LogP contribution in [-0.2, 0) is 4.74 Å². The first kappa shape index (κ1) is 11.0. The summed E-state index contributed by atoms with van der Waals surface area (Å²) in [7, 11) is 0. The molecule has 0 aromatic heterocycles. The van der Waals surface area contributed by atoms with Crippen LogP contribution in [0.25, 0.3) is 0 Å². The first-order valence-electron chi connectivity index (χ1n) is 5.60. The summed E-state index contributed by atoms with van der Waals surface area (Å²) >= 11 is 0. The Balaban J connectivity index is 2.45. The zero-order chi connectivity index (χ0) is 10.1. The fourth-order valence-electron chi connectivity index (χ4n) is 1.98. The monoisotopic (exact) mass is 184 g/mol. The van der Waals surface area contributed by atoms with Gasteiger partial charge in [0, 0.05) is 0 Å². The van der Waals surface area contributed by atoms with Crippen molar-refractivity contribution in [2.24, 2.45) is 11.3 Å². The summed E-state index contributed by atoms with van der Waals surface area (Å²) in [6.07, 6.45) is 4.75. The largest absolute Gasteiger partial charge is 0.374 e. The molecule has 0 bridgehead atoms. The van der Waals surface area contributed by atoms with Crippen LogP contribution in [0, 0.1) is 11.3 Å². The highest BCUT2D eigenvalue weighted by atomic mass is 16.5. The lowest BCUT2D eigenvalue weighted by Gasteiger charge is -2.28. The molecule has 0 aromatic carbocycles. The molecule has 3 atom stereocenters. The van der Waals surface area contributed by atoms with Gasteiger partial charge < -0.3 is 4.74 Å². The molecule has 0 spiro atoms. The lowest BCUT2D eigenvalue weighted by molar-refractivity contribution is -0.0359. The highest BCUT2D eigenvalue weighted by molar-refractivity contribution is 4.84. The summed E-state index contributed by atoms with van der Waals surface area (Å²) in [5.41, 5.74) is 0.322. The van der Waals surface area contributed by atoms with E-state index in [1.165, 1.54) is 19.3 Å². The molecule has 13 heavy (non-hydrogen) atoms. The second kappa shape index (κ2) is 4.00. The average Bonchev–Trinajstić information content (AvgIpc) is 2.50. The second-order valence-electron chi connectivity index (χ2n) is 5.49. The van der Waals surface area contributed by atoms with E-state index in [1.54, 1.807) is 0 Å². The van der Waals surface area contributed by atoms with E-state index in [1.807, 2.05) is 0 Å². The Hall–Kier alpha value is -0.0400. The van der Waals surface area contributed by atoms with E-state index in [9.17, 15) is 0 Å². The highest BCUT2D eigenvalue weighted by Crippen LogP contribution is 2.36. The molecule has 1 heteroatoms. The van der Waals surface area contributed by atoms with E-state index in [4.69, 9.17) is 4.74 Å². The Morgan fingerprint density at radius 2 is 1.92 bits per heavy atom. The van der Waals surface area contributed by atoms with Gasteiger partial charge in [-0.15, -0.1) is 0 Å². The standard InChI is InChI=1S/C12H24O/c1-6-9(2)10-7-8-11(13-10)12(3,4)5/h9-11H,6-8H2,1-5H3. The quantitative estimate of drug-likeness (QED) is 0.637. The number of hydrogen-bond acceptors (Lipinski definition) is 1. The molecule has 0 saturated carbocycles. The van der Waals surface area contributed by atoms with Gasteiger partial charge in [0.1, 0.15) is 0 Å². The van der Waals surface area contributed by atoms with Crippen molar-refractivity contribution >= 4 is 0 Å². The number of ether oxygens (including phenoxy) is 1. The molecule has 0 aromatic rings. The summed E-state index contributed by atoms with van der Waals surface area (Å²) in [5, 5.41) is 0. The molecule has 1 rings (SSSR count). The fraction of sp³-hybridized carbons (Fsp3) is 1.00. The topological polar surface area (TPSA) is 9.23 Å². The van der Waals surface area contributed by atoms with E-state index < -0.39 is 0 Å². The molecule has 0 N–H and O–H groups in total. The molecule has 1 nitrogen and oxygen atoms in total. The summed E-state index contributed by atoms with van der Waals surface area (Å²) in [6, 6.07) is 0. The Labute approximate surface area is 82.9 Å². The van der Waals surface area contributed by atoms with Crippen LogP contribution in [0.4, 0.5) is 0 Å². The molecule has 1 aliphatic rings. The smallest absolute Gasteiger partial charge is 0.0628 e. The number of hydrogen-bond donors (Lipinski definition) is 0. The van der Waals surface area contributed by atoms with E-state index in [0.717, 1.165) is 5.92 Å². The van der Waals surface area contributed by atoms with Gasteiger partial charge in [-0.25, -0.2) is 0 Å². The molecule has 1 heterocycles. The zero-order valence-corrected chi connectivity index (χ0v) is 9.76. The normalized spacial score (nSPS) is 32.1. The lowest BCUT2D eigenvalue weighted by atomic mass is 9.87. The number of rotatable bonds is 2. The SMILES string of the molecule is CCC(C)C1CCC(C(C)(C)C)O1. The van der Waals surface area contributed by atoms with Crippen LogP contribution in [-0.4, -0.2) is 12.2 Å². The molecule has 78 valence electrons. The Morgan fingerprint density at radius 1 is 1.31 bits per heavy atom. The third-order valence-corrected chi connectivity index (χ3v) is 3.30. The Bertz CT molecular complexity index is 157. The molecule has 1 aliphatic heterocycles. The van der Waals surface area contributed by atoms with Crippen LogP contribution in [0.3, 0.4) is 0 Å². The minimum absolute atomic E-state index is 0.322. The maximum absolute atomic E-state index is 6.08. The van der Waals surface area contributed by atoms with Crippen molar-refractivity contribution in [3.63, 3.8) is 0 Å². The minimum Gasteiger partial charge on any atom is -0.374 e. The van der Waals surface area contributed by atoms with Crippen LogP contribution in [0.5, 0.6) is 0 Å². The van der Waals surface area contributed by atoms with Crippen molar-refractivity contribution in [2.75, 3.05) is 0 Å². The fourth-order valence-corrected chi connectivity index (χ4v) is 1.98. The maximum atomic E-state index is 6.08. The molecular formula is C12H24O. The van der Waals surface area contributed by atoms with Gasteiger partial charge in [-0.1, -0.05) is 41.0 Å². The molecular weight excluding hydrogens is 160 g/mol. The first-order chi connectivity index (χ1) is 5.95. The van der Waals surface area contributed by atoms with Crippen LogP contribution in [0.1, 0.15) is 53.9 Å². The molecule has 0 aliphatic carbocycles. The molecule has 0 amide bonds. The zero-order valence-electron chi connectivity index (χ0n) is 9.76. The third-order valence-electron chi connectivity index (χ3n) is 3.30. The second-order valence-corrected chi connectivity index (χ2v) is 5.49. The predicted octanol–water partition coefficient (Wildman–Crippen LogP) is 3.63. The summed E-state index contributed by atoms with van der Waals surface area (Å²) < 4.78 is 6.08. The van der Waals surface area contributed by atoms with Gasteiger partial charge in [0.25, 0.3) is 0 Å². The van der Waals surface area contributed by atoms with Crippen molar-refractivity contribution in [2.45, 2.75) is 66.1 Å². The van der Waals surface area contributed by atoms with Crippen molar-refractivity contribution in [3.05, 3.63) is 0 Å². The van der Waals surface area contributed by atoms with Gasteiger partial charge in [0.15, 0.2) is 0 Å². The molecule has 0 radical (unpaired) electrons. The van der Waals surface area contributed by atoms with Crippen LogP contribution in [0.2, 0.25) is 0 Å². The van der Waals surface area contributed by atoms with Crippen LogP contribution >= 0.6 is 0 Å². The van der Waals surface area contributed by atoms with Gasteiger partial charge in [0.2, 0.25) is 0 Å². The molecule has 3 unspecified atom stereocenters. The van der Waals surface area contributed by atoms with E-state index >= 15 is 0 Å². The van der Waals surface area contributed by atoms with Gasteiger partial charge in [0.05, 0.1) is 12.2 Å². The Kier molecular flexibility index (Phi) is 3.39. The van der Waals surface area contributed by atoms with Crippen molar-refractivity contribution in [3.8, 4) is 0 Å². The van der Waals surface area contributed by atoms with Gasteiger partial charge in [-0.05, 0) is 24.2 Å². The van der Waals surface area contributed by atoms with Gasteiger partial charge in [-0.3, -0.25) is 0 Å². The van der Waals surface area contributed by atoms with E-state index in [2.05, 4.69) is 34.6 Å². The predicted molar refractivity (Wildman–Crippen MR) is 56.8 cm³/mol. The van der Waals surface area contributed by atoms with Crippen LogP contribution < -0.4 is 0 Å². The molecule has 1 fully saturated rings. The van der Waals surface area contributed by atoms with Gasteiger partial charge >= 0.3 is 0 Å². The first-order valence-corrected chi connectivity index (χ1v) is 5.60. The van der Waals surface area contributed by atoms with Crippen LogP contribution in [0.15, 0.2) is 0 Å². The maximum Gasteiger partial charge on any atom is 0.0628 e. The summed E-state index contributed by atoms with van der Waals surface area (Å²) in [5.74, 6) is 0.729. The Morgan fingerprint density at radius 3 is 2.31 bits per heavy atom. The lowest BCUT2D eigenvalue weighted by Crippen LogP contribution is -2.28.